The lowest BCUT2D eigenvalue weighted by molar-refractivity contribution is -0.117. The van der Waals surface area contributed by atoms with Crippen molar-refractivity contribution in [1.29, 1.82) is 0 Å². The van der Waals surface area contributed by atoms with Gasteiger partial charge in [-0.25, -0.2) is 4.39 Å². The van der Waals surface area contributed by atoms with Crippen molar-refractivity contribution in [2.75, 3.05) is 11.4 Å². The Morgan fingerprint density at radius 1 is 1.33 bits per heavy atom. The van der Waals surface area contributed by atoms with E-state index >= 15 is 0 Å². The Kier molecular flexibility index (Phi) is 3.41. The highest BCUT2D eigenvalue weighted by molar-refractivity contribution is 5.96. The van der Waals surface area contributed by atoms with Crippen molar-refractivity contribution in [3.05, 3.63) is 53.8 Å². The smallest absolute Gasteiger partial charge is 0.293 e. The van der Waals surface area contributed by atoms with E-state index in [2.05, 4.69) is 10.1 Å². The highest BCUT2D eigenvalue weighted by Crippen LogP contribution is 2.33. The van der Waals surface area contributed by atoms with E-state index < -0.39 is 5.82 Å². The highest BCUT2D eigenvalue weighted by atomic mass is 19.1. The summed E-state index contributed by atoms with van der Waals surface area (Å²) in [5.41, 5.74) is 1.09. The van der Waals surface area contributed by atoms with Gasteiger partial charge in [-0.1, -0.05) is 11.2 Å². The molecule has 1 amide bonds. The maximum Gasteiger partial charge on any atom is 0.293 e. The van der Waals surface area contributed by atoms with Crippen molar-refractivity contribution in [2.45, 2.75) is 19.3 Å². The Morgan fingerprint density at radius 2 is 2.21 bits per heavy atom. The number of benzene rings is 1. The molecule has 122 valence electrons. The fourth-order valence-corrected chi connectivity index (χ4v) is 2.85. The van der Waals surface area contributed by atoms with Crippen molar-refractivity contribution >= 4 is 11.6 Å². The second-order valence-corrected chi connectivity index (χ2v) is 5.80. The third-order valence-electron chi connectivity index (χ3n) is 4.06. The van der Waals surface area contributed by atoms with Gasteiger partial charge in [0.1, 0.15) is 5.82 Å². The van der Waals surface area contributed by atoms with Crippen LogP contribution in [0.15, 0.2) is 45.5 Å². The number of halogens is 1. The van der Waals surface area contributed by atoms with Gasteiger partial charge < -0.3 is 13.8 Å². The molecule has 4 rings (SSSR count). The number of nitrogens with zero attached hydrogens (tertiary/aromatic N) is 3. The Hall–Kier alpha value is -2.96. The molecule has 7 heteroatoms. The summed E-state index contributed by atoms with van der Waals surface area (Å²) in [6, 6.07) is 8.25. The Balaban J connectivity index is 1.58. The molecule has 1 atom stereocenters. The Morgan fingerprint density at radius 3 is 2.96 bits per heavy atom. The molecule has 1 aliphatic heterocycles. The van der Waals surface area contributed by atoms with E-state index in [4.69, 9.17) is 8.94 Å². The van der Waals surface area contributed by atoms with E-state index in [0.29, 0.717) is 18.1 Å². The van der Waals surface area contributed by atoms with Crippen LogP contribution in [-0.4, -0.2) is 22.6 Å². The van der Waals surface area contributed by atoms with Gasteiger partial charge in [-0.05, 0) is 36.8 Å². The summed E-state index contributed by atoms with van der Waals surface area (Å²) in [5.74, 6) is 0.345. The number of amides is 1. The van der Waals surface area contributed by atoms with Crippen molar-refractivity contribution in [2.24, 2.45) is 0 Å². The quantitative estimate of drug-likeness (QED) is 0.738. The van der Waals surface area contributed by atoms with Gasteiger partial charge in [0.05, 0.1) is 12.0 Å². The molecular formula is C17H14FN3O3. The fourth-order valence-electron chi connectivity index (χ4n) is 2.85. The van der Waals surface area contributed by atoms with Crippen molar-refractivity contribution < 1.29 is 18.1 Å². The van der Waals surface area contributed by atoms with E-state index in [1.54, 1.807) is 31.2 Å². The molecule has 0 spiro atoms. The van der Waals surface area contributed by atoms with E-state index in [-0.39, 0.29) is 29.8 Å². The Labute approximate surface area is 136 Å². The second-order valence-electron chi connectivity index (χ2n) is 5.80. The van der Waals surface area contributed by atoms with Crippen molar-refractivity contribution in [3.8, 4) is 11.7 Å². The molecule has 1 aromatic carbocycles. The largest absolute Gasteiger partial charge is 0.459 e. The van der Waals surface area contributed by atoms with Gasteiger partial charge in [-0.3, -0.25) is 4.79 Å². The van der Waals surface area contributed by atoms with Crippen LogP contribution in [0, 0.1) is 12.7 Å². The first kappa shape index (κ1) is 14.6. The van der Waals surface area contributed by atoms with E-state index in [0.717, 1.165) is 5.56 Å². The molecule has 0 aliphatic carbocycles. The number of aryl methyl sites for hydroxylation is 1. The molecule has 0 radical (unpaired) electrons. The molecule has 0 bridgehead atoms. The summed E-state index contributed by atoms with van der Waals surface area (Å²) in [6.45, 7) is 2.12. The van der Waals surface area contributed by atoms with E-state index in [9.17, 15) is 9.18 Å². The molecule has 24 heavy (non-hydrogen) atoms. The number of furan rings is 1. The molecule has 1 saturated heterocycles. The summed E-state index contributed by atoms with van der Waals surface area (Å²) in [6.07, 6.45) is 1.73. The number of rotatable bonds is 3. The van der Waals surface area contributed by atoms with Gasteiger partial charge in [0.2, 0.25) is 5.91 Å². The number of carbonyl (C=O) groups excluding carboxylic acids is 1. The lowest BCUT2D eigenvalue weighted by Gasteiger charge is -2.17. The lowest BCUT2D eigenvalue weighted by Crippen LogP contribution is -2.25. The average molecular weight is 327 g/mol. The van der Waals surface area contributed by atoms with Gasteiger partial charge in [0.25, 0.3) is 5.89 Å². The number of hydrogen-bond acceptors (Lipinski definition) is 5. The van der Waals surface area contributed by atoms with E-state index in [1.165, 1.54) is 17.2 Å². The van der Waals surface area contributed by atoms with Crippen LogP contribution in [0.5, 0.6) is 0 Å². The van der Waals surface area contributed by atoms with Gasteiger partial charge in [0, 0.05) is 18.9 Å². The molecular weight excluding hydrogens is 313 g/mol. The topological polar surface area (TPSA) is 72.4 Å². The predicted molar refractivity (Wildman–Crippen MR) is 82.8 cm³/mol. The fraction of sp³-hybridized carbons (Fsp3) is 0.235. The van der Waals surface area contributed by atoms with Gasteiger partial charge in [-0.15, -0.1) is 0 Å². The lowest BCUT2D eigenvalue weighted by atomic mass is 10.1. The normalized spacial score (nSPS) is 17.7. The highest BCUT2D eigenvalue weighted by Gasteiger charge is 2.35. The zero-order valence-corrected chi connectivity index (χ0v) is 12.9. The van der Waals surface area contributed by atoms with Crippen LogP contribution in [0.3, 0.4) is 0 Å². The number of hydrogen-bond donors (Lipinski definition) is 0. The maximum atomic E-state index is 14.1. The third-order valence-corrected chi connectivity index (χ3v) is 4.06. The first-order chi connectivity index (χ1) is 11.6. The van der Waals surface area contributed by atoms with Crippen LogP contribution in [0.4, 0.5) is 10.1 Å². The summed E-state index contributed by atoms with van der Waals surface area (Å²) in [5, 5.41) is 3.93. The summed E-state index contributed by atoms with van der Waals surface area (Å²) >= 11 is 0. The third kappa shape index (κ3) is 2.47. The summed E-state index contributed by atoms with van der Waals surface area (Å²) in [4.78, 5) is 18.0. The molecule has 0 N–H and O–H groups in total. The minimum atomic E-state index is -0.409. The van der Waals surface area contributed by atoms with Crippen LogP contribution in [-0.2, 0) is 4.79 Å². The number of carbonyl (C=O) groups is 1. The molecule has 1 fully saturated rings. The van der Waals surface area contributed by atoms with Crippen molar-refractivity contribution in [1.82, 2.24) is 10.1 Å². The second kappa shape index (κ2) is 5.59. The van der Waals surface area contributed by atoms with Gasteiger partial charge >= 0.3 is 0 Å². The van der Waals surface area contributed by atoms with E-state index in [1.807, 2.05) is 0 Å². The molecule has 0 saturated carbocycles. The first-order valence-electron chi connectivity index (χ1n) is 7.56. The van der Waals surface area contributed by atoms with Crippen LogP contribution in [0.1, 0.15) is 23.7 Å². The van der Waals surface area contributed by atoms with Crippen LogP contribution in [0.2, 0.25) is 0 Å². The minimum absolute atomic E-state index is 0.160. The average Bonchev–Trinajstić information content (AvgIpc) is 3.27. The van der Waals surface area contributed by atoms with Gasteiger partial charge in [0.15, 0.2) is 11.6 Å². The molecule has 3 heterocycles. The predicted octanol–water partition coefficient (Wildman–Crippen LogP) is 3.30. The Bertz CT molecular complexity index is 888. The summed E-state index contributed by atoms with van der Waals surface area (Å²) in [7, 11) is 0. The molecule has 2 aromatic heterocycles. The number of anilines is 1. The summed E-state index contributed by atoms with van der Waals surface area (Å²) < 4.78 is 24.5. The SMILES string of the molecule is Cc1ccc(N2CC(c3noc(-c4ccco4)n3)CC2=O)c(F)c1. The van der Waals surface area contributed by atoms with Crippen LogP contribution in [0.25, 0.3) is 11.7 Å². The monoisotopic (exact) mass is 327 g/mol. The number of aromatic nitrogens is 2. The molecule has 1 unspecified atom stereocenters. The maximum absolute atomic E-state index is 14.1. The van der Waals surface area contributed by atoms with Crippen molar-refractivity contribution in [3.63, 3.8) is 0 Å². The standard InChI is InChI=1S/C17H14FN3O3/c1-10-4-5-13(12(18)7-10)21-9-11(8-15(21)22)16-19-17(24-20-16)14-3-2-6-23-14/h2-7,11H,8-9H2,1H3. The zero-order chi connectivity index (χ0) is 16.7. The van der Waals surface area contributed by atoms with Crippen LogP contribution < -0.4 is 4.90 Å². The van der Waals surface area contributed by atoms with Gasteiger partial charge in [-0.2, -0.15) is 4.98 Å². The zero-order valence-electron chi connectivity index (χ0n) is 12.9. The molecule has 1 aliphatic rings. The molecule has 3 aromatic rings. The molecule has 6 nitrogen and oxygen atoms in total. The first-order valence-corrected chi connectivity index (χ1v) is 7.56. The van der Waals surface area contributed by atoms with Crippen LogP contribution >= 0.6 is 0 Å². The minimum Gasteiger partial charge on any atom is -0.459 e.